The number of hydrogen-bond acceptors (Lipinski definition) is 6. The van der Waals surface area contributed by atoms with Crippen LogP contribution in [0.25, 0.3) is 12.2 Å². The van der Waals surface area contributed by atoms with E-state index in [-0.39, 0.29) is 13.1 Å². The Morgan fingerprint density at radius 2 is 1.19 bits per heavy atom. The minimum atomic E-state index is -0.434. The van der Waals surface area contributed by atoms with Crippen LogP contribution in [0.5, 0.6) is 5.75 Å². The SMILES string of the molecule is COC(=O)C(=Cc1ccc(C)cc1)CN(CC(=Cc1ccc(OC)cc1)C(=O)OC)Cc1ccccc1. The highest BCUT2D eigenvalue weighted by atomic mass is 16.5. The quantitative estimate of drug-likeness (QED) is 0.263. The van der Waals surface area contributed by atoms with E-state index in [4.69, 9.17) is 14.2 Å². The van der Waals surface area contributed by atoms with Gasteiger partial charge in [0.1, 0.15) is 5.75 Å². The zero-order valence-corrected chi connectivity index (χ0v) is 21.8. The highest BCUT2D eigenvalue weighted by molar-refractivity contribution is 5.95. The van der Waals surface area contributed by atoms with E-state index < -0.39 is 11.9 Å². The van der Waals surface area contributed by atoms with Crippen molar-refractivity contribution in [2.75, 3.05) is 34.4 Å². The normalized spacial score (nSPS) is 11.8. The third kappa shape index (κ3) is 8.47. The minimum absolute atomic E-state index is 0.260. The zero-order chi connectivity index (χ0) is 26.6. The smallest absolute Gasteiger partial charge is 0.335 e. The van der Waals surface area contributed by atoms with Gasteiger partial charge in [-0.1, -0.05) is 72.3 Å². The van der Waals surface area contributed by atoms with E-state index >= 15 is 0 Å². The molecule has 0 atom stereocenters. The lowest BCUT2D eigenvalue weighted by molar-refractivity contribution is -0.136. The Morgan fingerprint density at radius 3 is 1.65 bits per heavy atom. The van der Waals surface area contributed by atoms with E-state index in [1.54, 1.807) is 13.2 Å². The van der Waals surface area contributed by atoms with Crippen LogP contribution < -0.4 is 4.74 Å². The van der Waals surface area contributed by atoms with Gasteiger partial charge in [0, 0.05) is 19.6 Å². The van der Waals surface area contributed by atoms with Crippen molar-refractivity contribution in [3.05, 3.63) is 112 Å². The van der Waals surface area contributed by atoms with Crippen LogP contribution in [-0.2, 0) is 25.6 Å². The van der Waals surface area contributed by atoms with Gasteiger partial charge in [-0.15, -0.1) is 0 Å². The minimum Gasteiger partial charge on any atom is -0.497 e. The summed E-state index contributed by atoms with van der Waals surface area (Å²) in [7, 11) is 4.34. The Balaban J connectivity index is 1.97. The summed E-state index contributed by atoms with van der Waals surface area (Å²) in [6.07, 6.45) is 3.62. The molecule has 0 saturated carbocycles. The Kier molecular flexibility index (Phi) is 10.2. The van der Waals surface area contributed by atoms with Gasteiger partial charge in [0.05, 0.1) is 32.5 Å². The lowest BCUT2D eigenvalue weighted by Crippen LogP contribution is -2.32. The fraction of sp³-hybridized carbons (Fsp3) is 0.226. The second-order valence-electron chi connectivity index (χ2n) is 8.64. The van der Waals surface area contributed by atoms with Gasteiger partial charge in [-0.05, 0) is 47.9 Å². The summed E-state index contributed by atoms with van der Waals surface area (Å²) < 4.78 is 15.4. The monoisotopic (exact) mass is 499 g/mol. The predicted octanol–water partition coefficient (Wildman–Crippen LogP) is 5.32. The van der Waals surface area contributed by atoms with Crippen LogP contribution in [0.3, 0.4) is 0 Å². The summed E-state index contributed by atoms with van der Waals surface area (Å²) in [6, 6.07) is 25.2. The third-order valence-corrected chi connectivity index (χ3v) is 5.81. The molecule has 37 heavy (non-hydrogen) atoms. The second-order valence-corrected chi connectivity index (χ2v) is 8.64. The first-order valence-electron chi connectivity index (χ1n) is 12.0. The topological polar surface area (TPSA) is 65.1 Å². The fourth-order valence-electron chi connectivity index (χ4n) is 3.86. The molecule has 0 unspecified atom stereocenters. The summed E-state index contributed by atoms with van der Waals surface area (Å²) in [6.45, 7) is 3.06. The van der Waals surface area contributed by atoms with E-state index in [2.05, 4.69) is 0 Å². The van der Waals surface area contributed by atoms with E-state index in [9.17, 15) is 9.59 Å². The number of esters is 2. The first kappa shape index (κ1) is 27.4. The molecule has 0 N–H and O–H groups in total. The molecule has 0 aliphatic rings. The molecule has 0 bridgehead atoms. The highest BCUT2D eigenvalue weighted by Gasteiger charge is 2.20. The van der Waals surface area contributed by atoms with E-state index in [1.165, 1.54) is 14.2 Å². The fourth-order valence-corrected chi connectivity index (χ4v) is 3.86. The lowest BCUT2D eigenvalue weighted by atomic mass is 10.1. The molecular weight excluding hydrogens is 466 g/mol. The molecule has 192 valence electrons. The van der Waals surface area contributed by atoms with Crippen LogP contribution in [0.2, 0.25) is 0 Å². The van der Waals surface area contributed by atoms with Crippen molar-refractivity contribution in [3.8, 4) is 5.75 Å². The first-order chi connectivity index (χ1) is 17.9. The summed E-state index contributed by atoms with van der Waals surface area (Å²) >= 11 is 0. The van der Waals surface area contributed by atoms with E-state index in [0.29, 0.717) is 17.7 Å². The molecule has 3 rings (SSSR count). The van der Waals surface area contributed by atoms with Crippen molar-refractivity contribution in [3.63, 3.8) is 0 Å². The molecule has 0 aliphatic heterocycles. The molecule has 0 saturated heterocycles. The number of methoxy groups -OCH3 is 3. The molecular formula is C31H33NO5. The average Bonchev–Trinajstić information content (AvgIpc) is 2.93. The van der Waals surface area contributed by atoms with Gasteiger partial charge in [0.2, 0.25) is 0 Å². The van der Waals surface area contributed by atoms with Gasteiger partial charge in [0.25, 0.3) is 0 Å². The van der Waals surface area contributed by atoms with Crippen LogP contribution in [0, 0.1) is 6.92 Å². The van der Waals surface area contributed by atoms with E-state index in [0.717, 1.165) is 28.0 Å². The maximum atomic E-state index is 12.8. The predicted molar refractivity (Wildman–Crippen MR) is 146 cm³/mol. The standard InChI is InChI=1S/C31H33NO5/c1-23-10-12-24(13-11-23)18-27(30(33)36-3)21-32(20-26-8-6-5-7-9-26)22-28(31(34)37-4)19-25-14-16-29(35-2)17-15-25/h5-19H,20-22H2,1-4H3. The molecule has 0 heterocycles. The van der Waals surface area contributed by atoms with Gasteiger partial charge in [-0.25, -0.2) is 9.59 Å². The van der Waals surface area contributed by atoms with Gasteiger partial charge >= 0.3 is 11.9 Å². The molecule has 0 aliphatic carbocycles. The van der Waals surface area contributed by atoms with Gasteiger partial charge in [-0.2, -0.15) is 0 Å². The van der Waals surface area contributed by atoms with Crippen molar-refractivity contribution >= 4 is 24.1 Å². The molecule has 6 nitrogen and oxygen atoms in total. The van der Waals surface area contributed by atoms with Crippen molar-refractivity contribution in [2.24, 2.45) is 0 Å². The summed E-state index contributed by atoms with van der Waals surface area (Å²) in [5.41, 5.74) is 4.86. The van der Waals surface area contributed by atoms with E-state index in [1.807, 2.05) is 96.8 Å². The number of benzene rings is 3. The summed E-state index contributed by atoms with van der Waals surface area (Å²) in [5.74, 6) is -0.125. The number of hydrogen-bond donors (Lipinski definition) is 0. The largest absolute Gasteiger partial charge is 0.497 e. The first-order valence-corrected chi connectivity index (χ1v) is 12.0. The average molecular weight is 500 g/mol. The number of nitrogens with zero attached hydrogens (tertiary/aromatic N) is 1. The van der Waals surface area contributed by atoms with Crippen molar-refractivity contribution in [1.29, 1.82) is 0 Å². The zero-order valence-electron chi connectivity index (χ0n) is 21.8. The summed E-state index contributed by atoms with van der Waals surface area (Å²) in [4.78, 5) is 27.6. The molecule has 6 heteroatoms. The maximum absolute atomic E-state index is 12.8. The number of carbonyl (C=O) groups is 2. The molecule has 0 radical (unpaired) electrons. The Labute approximate surface area is 218 Å². The van der Waals surface area contributed by atoms with Crippen LogP contribution >= 0.6 is 0 Å². The second kappa shape index (κ2) is 13.8. The third-order valence-electron chi connectivity index (χ3n) is 5.81. The van der Waals surface area contributed by atoms with Crippen LogP contribution in [0.1, 0.15) is 22.3 Å². The number of aryl methyl sites for hydroxylation is 1. The number of rotatable bonds is 11. The Bertz CT molecular complexity index is 1230. The molecule has 0 amide bonds. The molecule has 3 aromatic carbocycles. The van der Waals surface area contributed by atoms with Gasteiger partial charge in [0.15, 0.2) is 0 Å². The molecule has 3 aromatic rings. The van der Waals surface area contributed by atoms with Crippen molar-refractivity contribution in [1.82, 2.24) is 4.90 Å². The van der Waals surface area contributed by atoms with Gasteiger partial charge in [-0.3, -0.25) is 4.90 Å². The van der Waals surface area contributed by atoms with Crippen LogP contribution in [-0.4, -0.2) is 51.3 Å². The van der Waals surface area contributed by atoms with Crippen molar-refractivity contribution < 1.29 is 23.8 Å². The lowest BCUT2D eigenvalue weighted by Gasteiger charge is -2.24. The molecule has 0 fully saturated rings. The molecule has 0 aromatic heterocycles. The maximum Gasteiger partial charge on any atom is 0.335 e. The summed E-state index contributed by atoms with van der Waals surface area (Å²) in [5, 5.41) is 0. The number of carbonyl (C=O) groups excluding carboxylic acids is 2. The van der Waals surface area contributed by atoms with Crippen LogP contribution in [0.4, 0.5) is 0 Å². The number of ether oxygens (including phenoxy) is 3. The van der Waals surface area contributed by atoms with Crippen LogP contribution in [0.15, 0.2) is 90.0 Å². The highest BCUT2D eigenvalue weighted by Crippen LogP contribution is 2.18. The van der Waals surface area contributed by atoms with Gasteiger partial charge < -0.3 is 14.2 Å². The Hall–Kier alpha value is -4.16. The van der Waals surface area contributed by atoms with Crippen molar-refractivity contribution in [2.45, 2.75) is 13.5 Å². The molecule has 0 spiro atoms. The Morgan fingerprint density at radius 1 is 0.703 bits per heavy atom.